The zero-order valence-electron chi connectivity index (χ0n) is 8.03. The van der Waals surface area contributed by atoms with Crippen molar-refractivity contribution in [2.45, 2.75) is 19.9 Å². The second-order valence-corrected chi connectivity index (χ2v) is 3.36. The second-order valence-electron chi connectivity index (χ2n) is 3.36. The Balaban J connectivity index is 2.54. The summed E-state index contributed by atoms with van der Waals surface area (Å²) < 4.78 is 14.5. The molecule has 0 bridgehead atoms. The quantitative estimate of drug-likeness (QED) is 0.791. The molecule has 4 nitrogen and oxygen atoms in total. The van der Waals surface area contributed by atoms with Crippen LogP contribution in [0, 0.1) is 5.82 Å². The Morgan fingerprint density at radius 3 is 3.00 bits per heavy atom. The van der Waals surface area contributed by atoms with Crippen molar-refractivity contribution in [3.05, 3.63) is 24.3 Å². The number of anilines is 1. The van der Waals surface area contributed by atoms with Gasteiger partial charge in [-0.15, -0.1) is 0 Å². The van der Waals surface area contributed by atoms with Gasteiger partial charge in [0.1, 0.15) is 5.82 Å². The largest absolute Gasteiger partial charge is 0.368 e. The number of halogens is 1. The van der Waals surface area contributed by atoms with E-state index in [0.717, 1.165) is 12.0 Å². The summed E-state index contributed by atoms with van der Waals surface area (Å²) in [5, 5.41) is 7.04. The molecule has 0 aromatic carbocycles. The van der Waals surface area contributed by atoms with E-state index in [1.54, 1.807) is 12.3 Å². The molecule has 0 radical (unpaired) electrons. The lowest BCUT2D eigenvalue weighted by Gasteiger charge is -2.10. The van der Waals surface area contributed by atoms with Gasteiger partial charge in [-0.3, -0.25) is 0 Å². The molecule has 1 N–H and O–H groups in total. The highest BCUT2D eigenvalue weighted by Crippen LogP contribution is 2.12. The predicted molar refractivity (Wildman–Crippen MR) is 51.7 cm³/mol. The molecular formula is C9H11FN4. The molecule has 0 unspecified atom stereocenters. The molecule has 2 heterocycles. The number of fused-ring (bicyclic) bond motifs is 1. The van der Waals surface area contributed by atoms with Gasteiger partial charge in [-0.1, -0.05) is 0 Å². The van der Waals surface area contributed by atoms with E-state index in [-0.39, 0.29) is 11.7 Å². The number of rotatable bonds is 2. The highest BCUT2D eigenvalue weighted by atomic mass is 19.1. The highest BCUT2D eigenvalue weighted by molar-refractivity contribution is 5.48. The van der Waals surface area contributed by atoms with E-state index in [1.165, 1.54) is 4.52 Å². The van der Waals surface area contributed by atoms with Gasteiger partial charge >= 0.3 is 0 Å². The average molecular weight is 194 g/mol. The fourth-order valence-corrected chi connectivity index (χ4v) is 1.27. The van der Waals surface area contributed by atoms with Gasteiger partial charge in [0, 0.05) is 12.2 Å². The molecule has 0 saturated heterocycles. The zero-order chi connectivity index (χ0) is 10.1. The SMILES string of the molecule is CC(C)Nc1ccnc2c(F)cnn12. The van der Waals surface area contributed by atoms with E-state index in [1.807, 2.05) is 13.8 Å². The summed E-state index contributed by atoms with van der Waals surface area (Å²) in [6.45, 7) is 4.01. The Kier molecular flexibility index (Phi) is 2.07. The molecule has 2 rings (SSSR count). The highest BCUT2D eigenvalue weighted by Gasteiger charge is 2.07. The Morgan fingerprint density at radius 1 is 1.50 bits per heavy atom. The van der Waals surface area contributed by atoms with Crippen LogP contribution in [0.5, 0.6) is 0 Å². The lowest BCUT2D eigenvalue weighted by Crippen LogP contribution is -2.13. The van der Waals surface area contributed by atoms with Gasteiger partial charge in [-0.2, -0.15) is 9.61 Å². The minimum Gasteiger partial charge on any atom is -0.368 e. The first-order valence-electron chi connectivity index (χ1n) is 4.43. The summed E-state index contributed by atoms with van der Waals surface area (Å²) >= 11 is 0. The summed E-state index contributed by atoms with van der Waals surface area (Å²) in [5.74, 6) is 0.339. The number of nitrogens with zero attached hydrogens (tertiary/aromatic N) is 3. The van der Waals surface area contributed by atoms with E-state index in [9.17, 15) is 4.39 Å². The Hall–Kier alpha value is -1.65. The molecule has 14 heavy (non-hydrogen) atoms. The van der Waals surface area contributed by atoms with Crippen molar-refractivity contribution in [1.82, 2.24) is 14.6 Å². The Morgan fingerprint density at radius 2 is 2.29 bits per heavy atom. The molecule has 0 saturated carbocycles. The fraction of sp³-hybridized carbons (Fsp3) is 0.333. The molecule has 0 aliphatic heterocycles. The van der Waals surface area contributed by atoms with Crippen LogP contribution in [0.2, 0.25) is 0 Å². The van der Waals surface area contributed by atoms with Crippen LogP contribution >= 0.6 is 0 Å². The smallest absolute Gasteiger partial charge is 0.193 e. The molecule has 2 aromatic rings. The molecule has 5 heteroatoms. The topological polar surface area (TPSA) is 42.2 Å². The Labute approximate surface area is 80.8 Å². The van der Waals surface area contributed by atoms with Crippen LogP contribution in [-0.4, -0.2) is 20.6 Å². The molecule has 0 atom stereocenters. The van der Waals surface area contributed by atoms with Crippen molar-refractivity contribution in [3.63, 3.8) is 0 Å². The number of hydrogen-bond donors (Lipinski definition) is 1. The van der Waals surface area contributed by atoms with Crippen molar-refractivity contribution in [3.8, 4) is 0 Å². The first-order chi connectivity index (χ1) is 6.68. The lowest BCUT2D eigenvalue weighted by atomic mass is 10.4. The number of aromatic nitrogens is 3. The van der Waals surface area contributed by atoms with Crippen LogP contribution < -0.4 is 5.32 Å². The van der Waals surface area contributed by atoms with Gasteiger partial charge in [0.2, 0.25) is 0 Å². The van der Waals surface area contributed by atoms with Crippen LogP contribution in [0.25, 0.3) is 5.65 Å². The molecular weight excluding hydrogens is 183 g/mol. The normalized spacial score (nSPS) is 11.1. The number of nitrogens with one attached hydrogen (secondary N) is 1. The average Bonchev–Trinajstić information content (AvgIpc) is 2.49. The van der Waals surface area contributed by atoms with Crippen LogP contribution in [-0.2, 0) is 0 Å². The van der Waals surface area contributed by atoms with Crippen LogP contribution in [0.3, 0.4) is 0 Å². The molecule has 2 aromatic heterocycles. The van der Waals surface area contributed by atoms with Gasteiger partial charge < -0.3 is 5.32 Å². The van der Waals surface area contributed by atoms with Crippen molar-refractivity contribution < 1.29 is 4.39 Å². The van der Waals surface area contributed by atoms with E-state index in [0.29, 0.717) is 0 Å². The van der Waals surface area contributed by atoms with Crippen molar-refractivity contribution in [2.75, 3.05) is 5.32 Å². The first kappa shape index (κ1) is 8.93. The summed E-state index contributed by atoms with van der Waals surface area (Å²) in [4.78, 5) is 3.89. The van der Waals surface area contributed by atoms with Crippen molar-refractivity contribution >= 4 is 11.5 Å². The minimum absolute atomic E-state index is 0.246. The van der Waals surface area contributed by atoms with Gasteiger partial charge in [0.25, 0.3) is 0 Å². The lowest BCUT2D eigenvalue weighted by molar-refractivity contribution is 0.636. The monoisotopic (exact) mass is 194 g/mol. The summed E-state index contributed by atoms with van der Waals surface area (Å²) in [6, 6.07) is 2.03. The zero-order valence-corrected chi connectivity index (χ0v) is 8.03. The standard InChI is InChI=1S/C9H11FN4/c1-6(2)13-8-3-4-11-9-7(10)5-12-14(8)9/h3-6,13H,1-2H3. The van der Waals surface area contributed by atoms with E-state index < -0.39 is 5.82 Å². The second kappa shape index (κ2) is 3.25. The molecule has 0 aliphatic carbocycles. The minimum atomic E-state index is -0.405. The van der Waals surface area contributed by atoms with Crippen molar-refractivity contribution in [1.29, 1.82) is 0 Å². The van der Waals surface area contributed by atoms with Crippen LogP contribution in [0.1, 0.15) is 13.8 Å². The molecule has 0 aliphatic rings. The van der Waals surface area contributed by atoms with Gasteiger partial charge in [-0.25, -0.2) is 9.37 Å². The number of hydrogen-bond acceptors (Lipinski definition) is 3. The molecule has 74 valence electrons. The third-order valence-electron chi connectivity index (χ3n) is 1.79. The summed E-state index contributed by atoms with van der Waals surface area (Å²) in [7, 11) is 0. The van der Waals surface area contributed by atoms with Gasteiger partial charge in [-0.05, 0) is 19.9 Å². The van der Waals surface area contributed by atoms with Gasteiger partial charge in [0.15, 0.2) is 11.5 Å². The van der Waals surface area contributed by atoms with Crippen molar-refractivity contribution in [2.24, 2.45) is 0 Å². The van der Waals surface area contributed by atoms with E-state index in [2.05, 4.69) is 15.4 Å². The summed E-state index contributed by atoms with van der Waals surface area (Å²) in [6.07, 6.45) is 2.72. The van der Waals surface area contributed by atoms with E-state index in [4.69, 9.17) is 0 Å². The summed E-state index contributed by atoms with van der Waals surface area (Å²) in [5.41, 5.74) is 0.246. The maximum atomic E-state index is 13.1. The fourth-order valence-electron chi connectivity index (χ4n) is 1.27. The third kappa shape index (κ3) is 1.41. The maximum Gasteiger partial charge on any atom is 0.193 e. The van der Waals surface area contributed by atoms with E-state index >= 15 is 0 Å². The first-order valence-corrected chi connectivity index (χ1v) is 4.43. The predicted octanol–water partition coefficient (Wildman–Crippen LogP) is 1.69. The molecule has 0 fully saturated rings. The molecule has 0 amide bonds. The maximum absolute atomic E-state index is 13.1. The van der Waals surface area contributed by atoms with Crippen LogP contribution in [0.15, 0.2) is 18.5 Å². The van der Waals surface area contributed by atoms with Crippen LogP contribution in [0.4, 0.5) is 10.2 Å². The molecule has 0 spiro atoms. The third-order valence-corrected chi connectivity index (χ3v) is 1.79. The van der Waals surface area contributed by atoms with Gasteiger partial charge in [0.05, 0.1) is 6.20 Å². The Bertz CT molecular complexity index is 449.